The van der Waals surface area contributed by atoms with Crippen molar-refractivity contribution in [1.82, 2.24) is 19.4 Å². The number of aromatic nitrogens is 4. The van der Waals surface area contributed by atoms with Gasteiger partial charge in [-0.1, -0.05) is 0 Å². The molecule has 0 amide bonds. The number of hydrogen-bond donors (Lipinski definition) is 0. The topological polar surface area (TPSA) is 90.9 Å². The summed E-state index contributed by atoms with van der Waals surface area (Å²) in [6, 6.07) is 0. The lowest BCUT2D eigenvalue weighted by molar-refractivity contribution is 0.533. The van der Waals surface area contributed by atoms with Crippen LogP contribution in [0.5, 0.6) is 0 Å². The summed E-state index contributed by atoms with van der Waals surface area (Å²) in [5.74, 6) is 0.706. The second kappa shape index (κ2) is 3.39. The first-order valence-electron chi connectivity index (χ1n) is 5.17. The molecule has 0 aromatic carbocycles. The third-order valence-electron chi connectivity index (χ3n) is 2.54. The molecule has 17 heavy (non-hydrogen) atoms. The molecule has 0 bridgehead atoms. The second-order valence-corrected chi connectivity index (χ2v) is 6.04. The van der Waals surface area contributed by atoms with Gasteiger partial charge >= 0.3 is 0 Å². The van der Waals surface area contributed by atoms with Crippen LogP contribution in [0.2, 0.25) is 0 Å². The molecule has 1 aliphatic carbocycles. The van der Waals surface area contributed by atoms with Gasteiger partial charge in [0.2, 0.25) is 5.89 Å². The van der Waals surface area contributed by atoms with Crippen LogP contribution in [0.3, 0.4) is 0 Å². The lowest BCUT2D eigenvalue weighted by Gasteiger charge is -1.99. The van der Waals surface area contributed by atoms with Gasteiger partial charge in [-0.05, 0) is 12.8 Å². The molecule has 0 unspecified atom stereocenters. The monoisotopic (exact) mass is 254 g/mol. The molecule has 0 spiro atoms. The molecule has 0 aliphatic heterocycles. The van der Waals surface area contributed by atoms with Crippen LogP contribution in [0.15, 0.2) is 16.8 Å². The Kier molecular flexibility index (Phi) is 2.09. The van der Waals surface area contributed by atoms with Crippen LogP contribution < -0.4 is 0 Å². The molecule has 2 heterocycles. The van der Waals surface area contributed by atoms with Crippen LogP contribution in [-0.2, 0) is 10.0 Å². The first-order chi connectivity index (χ1) is 8.07. The number of rotatable bonds is 3. The fourth-order valence-electron chi connectivity index (χ4n) is 1.49. The maximum absolute atomic E-state index is 11.9. The highest BCUT2D eigenvalue weighted by Gasteiger charge is 2.37. The second-order valence-electron chi connectivity index (χ2n) is 3.97. The van der Waals surface area contributed by atoms with Gasteiger partial charge < -0.3 is 4.42 Å². The van der Waals surface area contributed by atoms with Crippen LogP contribution in [0.1, 0.15) is 18.7 Å². The lowest BCUT2D eigenvalue weighted by atomic mass is 10.4. The molecule has 2 aromatic rings. The van der Waals surface area contributed by atoms with Crippen LogP contribution >= 0.6 is 0 Å². The molecule has 0 radical (unpaired) electrons. The maximum atomic E-state index is 11.9. The molecule has 0 saturated heterocycles. The van der Waals surface area contributed by atoms with Crippen LogP contribution in [-0.4, -0.2) is 33.1 Å². The Morgan fingerprint density at radius 1 is 1.41 bits per heavy atom. The van der Waals surface area contributed by atoms with Gasteiger partial charge in [-0.2, -0.15) is 9.19 Å². The van der Waals surface area contributed by atoms with Crippen molar-refractivity contribution in [3.8, 4) is 11.5 Å². The van der Waals surface area contributed by atoms with Gasteiger partial charge in [-0.15, -0.1) is 10.2 Å². The minimum Gasteiger partial charge on any atom is -0.421 e. The Hall–Kier alpha value is -1.70. The van der Waals surface area contributed by atoms with E-state index in [0.717, 1.165) is 4.09 Å². The van der Waals surface area contributed by atoms with Gasteiger partial charge in [0.1, 0.15) is 0 Å². The zero-order valence-corrected chi connectivity index (χ0v) is 9.88. The summed E-state index contributed by atoms with van der Waals surface area (Å²) in [5.41, 5.74) is 0.509. The van der Waals surface area contributed by atoms with E-state index in [4.69, 9.17) is 4.42 Å². The van der Waals surface area contributed by atoms with Crippen molar-refractivity contribution in [2.24, 2.45) is 0 Å². The van der Waals surface area contributed by atoms with Crippen molar-refractivity contribution in [2.75, 3.05) is 0 Å². The summed E-state index contributed by atoms with van der Waals surface area (Å²) in [6.07, 6.45) is 4.22. The highest BCUT2D eigenvalue weighted by atomic mass is 32.2. The molecule has 0 N–H and O–H groups in total. The normalized spacial score (nSPS) is 16.3. The van der Waals surface area contributed by atoms with Gasteiger partial charge in [0.25, 0.3) is 15.9 Å². The molecule has 0 atom stereocenters. The molecular weight excluding hydrogens is 244 g/mol. The highest BCUT2D eigenvalue weighted by molar-refractivity contribution is 7.90. The minimum absolute atomic E-state index is 0.278. The SMILES string of the molecule is Cc1nnc(-c2cnn(S(=O)(=O)C3CC3)c2)o1. The number of aryl methyl sites for hydroxylation is 1. The van der Waals surface area contributed by atoms with E-state index in [2.05, 4.69) is 15.3 Å². The minimum atomic E-state index is -3.33. The highest BCUT2D eigenvalue weighted by Crippen LogP contribution is 2.30. The Morgan fingerprint density at radius 2 is 2.18 bits per heavy atom. The van der Waals surface area contributed by atoms with Crippen molar-refractivity contribution in [2.45, 2.75) is 25.0 Å². The largest absolute Gasteiger partial charge is 0.421 e. The van der Waals surface area contributed by atoms with Crippen molar-refractivity contribution in [1.29, 1.82) is 0 Å². The molecule has 90 valence electrons. The Labute approximate surface area is 97.5 Å². The Morgan fingerprint density at radius 3 is 2.76 bits per heavy atom. The van der Waals surface area contributed by atoms with Crippen LogP contribution in [0, 0.1) is 6.92 Å². The van der Waals surface area contributed by atoms with E-state index in [9.17, 15) is 8.42 Å². The zero-order chi connectivity index (χ0) is 12.0. The number of nitrogens with zero attached hydrogens (tertiary/aromatic N) is 4. The zero-order valence-electron chi connectivity index (χ0n) is 9.07. The fraction of sp³-hybridized carbons (Fsp3) is 0.444. The average Bonchev–Trinajstić information content (AvgIpc) is 2.87. The molecule has 1 saturated carbocycles. The van der Waals surface area contributed by atoms with Gasteiger partial charge in [-0.25, -0.2) is 8.42 Å². The van der Waals surface area contributed by atoms with Crippen molar-refractivity contribution in [3.63, 3.8) is 0 Å². The average molecular weight is 254 g/mol. The standard InChI is InChI=1S/C9H10N4O3S/c1-6-11-12-9(16-6)7-4-10-13(5-7)17(14,15)8-2-3-8/h4-5,8H,2-3H2,1H3. The maximum Gasteiger partial charge on any atom is 0.256 e. The fourth-order valence-corrected chi connectivity index (χ4v) is 2.96. The van der Waals surface area contributed by atoms with Gasteiger partial charge in [0.15, 0.2) is 0 Å². The molecule has 3 rings (SSSR count). The summed E-state index contributed by atoms with van der Waals surface area (Å²) in [4.78, 5) is 0. The quantitative estimate of drug-likeness (QED) is 0.795. The third-order valence-corrected chi connectivity index (χ3v) is 4.57. The molecule has 1 aliphatic rings. The van der Waals surface area contributed by atoms with Gasteiger partial charge in [-0.3, -0.25) is 0 Å². The first kappa shape index (κ1) is 10.5. The summed E-state index contributed by atoms with van der Waals surface area (Å²) < 4.78 is 29.9. The van der Waals surface area contributed by atoms with E-state index in [1.807, 2.05) is 0 Å². The molecule has 1 fully saturated rings. The molecule has 7 nitrogen and oxygen atoms in total. The Balaban J connectivity index is 1.98. The first-order valence-corrected chi connectivity index (χ1v) is 6.67. The van der Waals surface area contributed by atoms with Crippen LogP contribution in [0.4, 0.5) is 0 Å². The van der Waals surface area contributed by atoms with E-state index in [-0.39, 0.29) is 11.1 Å². The van der Waals surface area contributed by atoms with Gasteiger partial charge in [0, 0.05) is 6.92 Å². The van der Waals surface area contributed by atoms with Crippen molar-refractivity contribution < 1.29 is 12.8 Å². The summed E-state index contributed by atoms with van der Waals surface area (Å²) >= 11 is 0. The molecule has 2 aromatic heterocycles. The smallest absolute Gasteiger partial charge is 0.256 e. The summed E-state index contributed by atoms with van der Waals surface area (Å²) in [6.45, 7) is 1.67. The van der Waals surface area contributed by atoms with Crippen molar-refractivity contribution in [3.05, 3.63) is 18.3 Å². The Bertz CT molecular complexity index is 653. The van der Waals surface area contributed by atoms with Crippen molar-refractivity contribution >= 4 is 10.0 Å². The van der Waals surface area contributed by atoms with E-state index in [1.54, 1.807) is 6.92 Å². The van der Waals surface area contributed by atoms with E-state index in [1.165, 1.54) is 12.4 Å². The third kappa shape index (κ3) is 1.74. The van der Waals surface area contributed by atoms with E-state index < -0.39 is 10.0 Å². The molecule has 8 heteroatoms. The van der Waals surface area contributed by atoms with E-state index >= 15 is 0 Å². The predicted octanol–water partition coefficient (Wildman–Crippen LogP) is 0.582. The van der Waals surface area contributed by atoms with Gasteiger partial charge in [0.05, 0.1) is 23.2 Å². The lowest BCUT2D eigenvalue weighted by Crippen LogP contribution is -2.17. The number of hydrogen-bond acceptors (Lipinski definition) is 6. The van der Waals surface area contributed by atoms with Crippen LogP contribution in [0.25, 0.3) is 11.5 Å². The van der Waals surface area contributed by atoms with E-state index in [0.29, 0.717) is 24.3 Å². The molecular formula is C9H10N4O3S. The summed E-state index contributed by atoms with van der Waals surface area (Å²) in [7, 11) is -3.33. The summed E-state index contributed by atoms with van der Waals surface area (Å²) in [5, 5.41) is 11.0. The predicted molar refractivity (Wildman–Crippen MR) is 57.6 cm³/mol.